The van der Waals surface area contributed by atoms with E-state index >= 15 is 0 Å². The molecule has 0 N–H and O–H groups in total. The number of likely N-dealkylation sites (N-methyl/N-ethyl adjacent to an activating group) is 1. The Morgan fingerprint density at radius 1 is 1.00 bits per heavy atom. The van der Waals surface area contributed by atoms with Crippen molar-refractivity contribution in [1.82, 2.24) is 19.6 Å². The molecule has 5 nitrogen and oxygen atoms in total. The molecule has 0 spiro atoms. The number of aromatic nitrogens is 2. The van der Waals surface area contributed by atoms with Crippen molar-refractivity contribution in [2.45, 2.75) is 53.2 Å². The Morgan fingerprint density at radius 3 is 2.32 bits per heavy atom. The van der Waals surface area contributed by atoms with Crippen molar-refractivity contribution in [1.29, 1.82) is 0 Å². The molecular weight excluding hydrogens is 442 g/mol. The van der Waals surface area contributed by atoms with Gasteiger partial charge in [-0.15, -0.1) is 0 Å². The first kappa shape index (κ1) is 24.8. The highest BCUT2D eigenvalue weighted by Crippen LogP contribution is 2.31. The minimum atomic E-state index is 0.406. The number of hydrogen-bond acceptors (Lipinski definition) is 4. The molecule has 0 amide bonds. The summed E-state index contributed by atoms with van der Waals surface area (Å²) in [7, 11) is 2.21. The second-order valence-electron chi connectivity index (χ2n) is 9.77. The standard InChI is InChI=1S/C28H38ClN5/c1-6-27-26(20-33(21(2)3)19-23-10-12-24(29)13-11-23)28(32-16-14-31(5)15-17-32)34(30-27)25-9-7-8-22(4)18-25/h7-13,18,21H,6,14-17,19-20H2,1-5H3. The summed E-state index contributed by atoms with van der Waals surface area (Å²) in [5, 5.41) is 5.96. The van der Waals surface area contributed by atoms with Crippen LogP contribution in [-0.4, -0.2) is 58.8 Å². The van der Waals surface area contributed by atoms with Gasteiger partial charge >= 0.3 is 0 Å². The van der Waals surface area contributed by atoms with E-state index in [0.29, 0.717) is 6.04 Å². The molecule has 4 rings (SSSR count). The van der Waals surface area contributed by atoms with E-state index in [1.54, 1.807) is 0 Å². The van der Waals surface area contributed by atoms with Crippen LogP contribution in [0.4, 0.5) is 5.82 Å². The van der Waals surface area contributed by atoms with Crippen molar-refractivity contribution in [3.8, 4) is 5.69 Å². The minimum absolute atomic E-state index is 0.406. The van der Waals surface area contributed by atoms with Crippen molar-refractivity contribution in [3.63, 3.8) is 0 Å². The molecule has 1 saturated heterocycles. The lowest BCUT2D eigenvalue weighted by Crippen LogP contribution is -2.45. The smallest absolute Gasteiger partial charge is 0.137 e. The maximum Gasteiger partial charge on any atom is 0.137 e. The molecular formula is C28H38ClN5. The fraction of sp³-hybridized carbons (Fsp3) is 0.464. The molecule has 0 atom stereocenters. The lowest BCUT2D eigenvalue weighted by Gasteiger charge is -2.35. The zero-order valence-electron chi connectivity index (χ0n) is 21.3. The quantitative estimate of drug-likeness (QED) is 0.422. The molecule has 1 aliphatic rings. The largest absolute Gasteiger partial charge is 0.354 e. The first-order chi connectivity index (χ1) is 16.4. The summed E-state index contributed by atoms with van der Waals surface area (Å²) in [6, 6.07) is 17.3. The third-order valence-electron chi connectivity index (χ3n) is 6.81. The summed E-state index contributed by atoms with van der Waals surface area (Å²) in [5.41, 5.74) is 6.23. The van der Waals surface area contributed by atoms with Crippen LogP contribution in [0.15, 0.2) is 48.5 Å². The van der Waals surface area contributed by atoms with E-state index < -0.39 is 0 Å². The zero-order valence-corrected chi connectivity index (χ0v) is 22.0. The van der Waals surface area contributed by atoms with Gasteiger partial charge in [-0.2, -0.15) is 5.10 Å². The highest BCUT2D eigenvalue weighted by atomic mass is 35.5. The fourth-order valence-corrected chi connectivity index (χ4v) is 4.79. The van der Waals surface area contributed by atoms with Crippen molar-refractivity contribution < 1.29 is 0 Å². The van der Waals surface area contributed by atoms with Gasteiger partial charge in [0.1, 0.15) is 5.82 Å². The van der Waals surface area contributed by atoms with Gasteiger partial charge in [-0.1, -0.05) is 42.8 Å². The molecule has 6 heteroatoms. The topological polar surface area (TPSA) is 27.5 Å². The van der Waals surface area contributed by atoms with Crippen molar-refractivity contribution in [2.24, 2.45) is 0 Å². The van der Waals surface area contributed by atoms with Gasteiger partial charge in [-0.05, 0) is 69.6 Å². The Kier molecular flexibility index (Phi) is 7.97. The second-order valence-corrected chi connectivity index (χ2v) is 10.2. The summed E-state index contributed by atoms with van der Waals surface area (Å²) >= 11 is 6.14. The Morgan fingerprint density at radius 2 is 1.71 bits per heavy atom. The van der Waals surface area contributed by atoms with Crippen LogP contribution in [0.5, 0.6) is 0 Å². The predicted octanol–water partition coefficient (Wildman–Crippen LogP) is 5.56. The van der Waals surface area contributed by atoms with E-state index in [1.807, 2.05) is 12.1 Å². The van der Waals surface area contributed by atoms with Gasteiger partial charge in [0, 0.05) is 55.9 Å². The molecule has 0 saturated carbocycles. The Labute approximate surface area is 209 Å². The van der Waals surface area contributed by atoms with Crippen molar-refractivity contribution in [2.75, 3.05) is 38.1 Å². The number of benzene rings is 2. The normalized spacial score (nSPS) is 15.0. The molecule has 0 bridgehead atoms. The monoisotopic (exact) mass is 479 g/mol. The number of hydrogen-bond donors (Lipinski definition) is 0. The van der Waals surface area contributed by atoms with E-state index in [0.717, 1.165) is 56.4 Å². The maximum absolute atomic E-state index is 6.14. The summed E-state index contributed by atoms with van der Waals surface area (Å²) in [6.07, 6.45) is 0.918. The van der Waals surface area contributed by atoms with Gasteiger partial charge in [-0.3, -0.25) is 4.90 Å². The Balaban J connectivity index is 1.75. The number of aryl methyl sites for hydroxylation is 2. The molecule has 182 valence electrons. The van der Waals surface area contributed by atoms with Gasteiger partial charge in [0.25, 0.3) is 0 Å². The summed E-state index contributed by atoms with van der Waals surface area (Å²) < 4.78 is 2.20. The van der Waals surface area contributed by atoms with E-state index in [4.69, 9.17) is 16.7 Å². The molecule has 3 aromatic rings. The average molecular weight is 480 g/mol. The van der Waals surface area contributed by atoms with E-state index in [-0.39, 0.29) is 0 Å². The number of piperazine rings is 1. The third-order valence-corrected chi connectivity index (χ3v) is 7.07. The van der Waals surface area contributed by atoms with Crippen LogP contribution in [0.25, 0.3) is 5.69 Å². The average Bonchev–Trinajstić information content (AvgIpc) is 3.18. The van der Waals surface area contributed by atoms with Gasteiger partial charge in [0.05, 0.1) is 11.4 Å². The van der Waals surface area contributed by atoms with Crippen molar-refractivity contribution >= 4 is 17.4 Å². The Bertz CT molecular complexity index is 1080. The fourth-order valence-electron chi connectivity index (χ4n) is 4.66. The molecule has 0 aliphatic carbocycles. The Hall–Kier alpha value is -2.34. The number of rotatable bonds is 8. The molecule has 1 aliphatic heterocycles. The molecule has 1 fully saturated rings. The van der Waals surface area contributed by atoms with Gasteiger partial charge in [0.15, 0.2) is 0 Å². The second kappa shape index (κ2) is 10.9. The summed E-state index contributed by atoms with van der Waals surface area (Å²) in [5.74, 6) is 1.26. The van der Waals surface area contributed by atoms with Crippen LogP contribution < -0.4 is 4.90 Å². The summed E-state index contributed by atoms with van der Waals surface area (Å²) in [4.78, 5) is 7.50. The molecule has 2 heterocycles. The lowest BCUT2D eigenvalue weighted by molar-refractivity contribution is 0.203. The van der Waals surface area contributed by atoms with Crippen LogP contribution in [0.2, 0.25) is 5.02 Å². The molecule has 2 aromatic carbocycles. The lowest BCUT2D eigenvalue weighted by atomic mass is 10.1. The summed E-state index contributed by atoms with van der Waals surface area (Å²) in [6.45, 7) is 14.9. The zero-order chi connectivity index (χ0) is 24.2. The highest BCUT2D eigenvalue weighted by molar-refractivity contribution is 6.30. The highest BCUT2D eigenvalue weighted by Gasteiger charge is 2.27. The van der Waals surface area contributed by atoms with Crippen LogP contribution in [0.1, 0.15) is 43.2 Å². The van der Waals surface area contributed by atoms with Gasteiger partial charge in [0.2, 0.25) is 0 Å². The van der Waals surface area contributed by atoms with Crippen LogP contribution in [0, 0.1) is 6.92 Å². The maximum atomic E-state index is 6.14. The number of nitrogens with zero attached hydrogens (tertiary/aromatic N) is 5. The first-order valence-corrected chi connectivity index (χ1v) is 12.8. The van der Waals surface area contributed by atoms with Gasteiger partial charge < -0.3 is 9.80 Å². The number of halogens is 1. The molecule has 34 heavy (non-hydrogen) atoms. The van der Waals surface area contributed by atoms with Crippen LogP contribution in [0.3, 0.4) is 0 Å². The van der Waals surface area contributed by atoms with E-state index in [9.17, 15) is 0 Å². The molecule has 1 aromatic heterocycles. The number of anilines is 1. The molecule has 0 radical (unpaired) electrons. The third kappa shape index (κ3) is 5.65. The first-order valence-electron chi connectivity index (χ1n) is 12.5. The van der Waals surface area contributed by atoms with Gasteiger partial charge in [-0.25, -0.2) is 4.68 Å². The van der Waals surface area contributed by atoms with E-state index in [1.165, 1.54) is 28.2 Å². The van der Waals surface area contributed by atoms with Crippen LogP contribution in [-0.2, 0) is 19.5 Å². The SMILES string of the molecule is CCc1nn(-c2cccc(C)c2)c(N2CCN(C)CC2)c1CN(Cc1ccc(Cl)cc1)C(C)C. The predicted molar refractivity (Wildman–Crippen MR) is 143 cm³/mol. The van der Waals surface area contributed by atoms with Crippen molar-refractivity contribution in [3.05, 3.63) is 75.9 Å². The molecule has 0 unspecified atom stereocenters. The minimum Gasteiger partial charge on any atom is -0.354 e. The van der Waals surface area contributed by atoms with E-state index in [2.05, 4.69) is 90.5 Å². The van der Waals surface area contributed by atoms with Crippen LogP contribution >= 0.6 is 11.6 Å².